The maximum atomic E-state index is 11.9. The molecule has 0 radical (unpaired) electrons. The van der Waals surface area contributed by atoms with Gasteiger partial charge in [0.15, 0.2) is 0 Å². The number of rotatable bonds is 7. The molecule has 0 heterocycles. The predicted molar refractivity (Wildman–Crippen MR) is 80.1 cm³/mol. The Balaban J connectivity index is 2.60. The van der Waals surface area contributed by atoms with Crippen molar-refractivity contribution < 1.29 is 20.0 Å². The van der Waals surface area contributed by atoms with Gasteiger partial charge in [-0.1, -0.05) is 37.0 Å². The molecule has 1 amide bonds. The Bertz CT molecular complexity index is 521. The molecule has 1 atom stereocenters. The molecule has 1 aromatic carbocycles. The van der Waals surface area contributed by atoms with E-state index in [1.54, 1.807) is 17.4 Å². The smallest absolute Gasteiger partial charge is 0.230 e. The molecule has 3 N–H and O–H groups in total. The van der Waals surface area contributed by atoms with Gasteiger partial charge >= 0.3 is 0 Å². The van der Waals surface area contributed by atoms with Crippen molar-refractivity contribution in [2.24, 2.45) is 5.92 Å². The first kappa shape index (κ1) is 17.8. The number of halogens is 2. The third-order valence-corrected chi connectivity index (χ3v) is 3.54. The molecule has 5 nitrogen and oxygen atoms in total. The maximum Gasteiger partial charge on any atom is 0.230 e. The van der Waals surface area contributed by atoms with Crippen LogP contribution in [0.2, 0.25) is 10.0 Å². The molecule has 7 heteroatoms. The quantitative estimate of drug-likeness (QED) is 0.769. The van der Waals surface area contributed by atoms with Gasteiger partial charge in [0, 0.05) is 11.6 Å². The summed E-state index contributed by atoms with van der Waals surface area (Å²) in [6, 6.07) is 3.75. The van der Waals surface area contributed by atoms with Gasteiger partial charge in [0.25, 0.3) is 0 Å². The number of hydrogen-bond acceptors (Lipinski definition) is 3. The molecule has 0 aliphatic heterocycles. The number of quaternary nitrogens is 1. The van der Waals surface area contributed by atoms with Crippen LogP contribution in [0.15, 0.2) is 18.2 Å². The fourth-order valence-corrected chi connectivity index (χ4v) is 1.98. The summed E-state index contributed by atoms with van der Waals surface area (Å²) in [4.78, 5) is 22.9. The Hall–Kier alpha value is -1.30. The van der Waals surface area contributed by atoms with Crippen molar-refractivity contribution in [1.29, 1.82) is 0 Å². The van der Waals surface area contributed by atoms with Crippen LogP contribution in [0.3, 0.4) is 0 Å². The first-order valence-electron chi connectivity index (χ1n) is 6.58. The molecular weight excluding hydrogens is 315 g/mol. The molecule has 0 aliphatic rings. The molecule has 0 bridgehead atoms. The lowest BCUT2D eigenvalue weighted by molar-refractivity contribution is -0.686. The van der Waals surface area contributed by atoms with Crippen molar-refractivity contribution >= 4 is 40.8 Å². The molecule has 0 saturated carbocycles. The molecule has 0 aliphatic carbocycles. The Morgan fingerprint density at radius 1 is 1.29 bits per heavy atom. The largest absolute Gasteiger partial charge is 0.544 e. The molecule has 0 fully saturated rings. The highest BCUT2D eigenvalue weighted by Gasteiger charge is 2.18. The van der Waals surface area contributed by atoms with Crippen LogP contribution in [-0.2, 0) is 9.59 Å². The number of anilines is 1. The van der Waals surface area contributed by atoms with Gasteiger partial charge in [0.1, 0.15) is 6.04 Å². The second-order valence-electron chi connectivity index (χ2n) is 5.17. The lowest BCUT2D eigenvalue weighted by Gasteiger charge is -2.17. The fourth-order valence-electron chi connectivity index (χ4n) is 1.68. The predicted octanol–water partition coefficient (Wildman–Crippen LogP) is 0.660. The summed E-state index contributed by atoms with van der Waals surface area (Å²) in [5.41, 5.74) is 0.468. The third kappa shape index (κ3) is 6.33. The zero-order valence-corrected chi connectivity index (χ0v) is 13.4. The van der Waals surface area contributed by atoms with Gasteiger partial charge < -0.3 is 20.5 Å². The minimum absolute atomic E-state index is 0.171. The first-order chi connectivity index (χ1) is 9.79. The Kier molecular flexibility index (Phi) is 6.95. The van der Waals surface area contributed by atoms with E-state index in [2.05, 4.69) is 5.32 Å². The summed E-state index contributed by atoms with van der Waals surface area (Å²) in [7, 11) is 0. The number of carboxylic acid groups (broad SMARTS) is 1. The van der Waals surface area contributed by atoms with Crippen LogP contribution >= 0.6 is 23.2 Å². The fraction of sp³-hybridized carbons (Fsp3) is 0.429. The van der Waals surface area contributed by atoms with Gasteiger partial charge in [-0.25, -0.2) is 0 Å². The number of carbonyl (C=O) groups is 2. The van der Waals surface area contributed by atoms with Crippen LogP contribution < -0.4 is 15.7 Å². The normalized spacial score (nSPS) is 12.2. The van der Waals surface area contributed by atoms with E-state index in [4.69, 9.17) is 23.2 Å². The molecule has 116 valence electrons. The first-order valence-corrected chi connectivity index (χ1v) is 7.34. The van der Waals surface area contributed by atoms with Crippen LogP contribution in [0.25, 0.3) is 0 Å². The number of nitrogens with two attached hydrogens (primary N) is 1. The molecule has 0 spiro atoms. The topological polar surface area (TPSA) is 85.8 Å². The summed E-state index contributed by atoms with van der Waals surface area (Å²) in [6.45, 7) is 4.55. The highest BCUT2D eigenvalue weighted by molar-refractivity contribution is 6.42. The molecule has 21 heavy (non-hydrogen) atoms. The highest BCUT2D eigenvalue weighted by atomic mass is 35.5. The van der Waals surface area contributed by atoms with Gasteiger partial charge in [0.05, 0.1) is 29.0 Å². The summed E-state index contributed by atoms with van der Waals surface area (Å²) in [5, 5.41) is 15.9. The van der Waals surface area contributed by atoms with Crippen molar-refractivity contribution in [3.63, 3.8) is 0 Å². The highest BCUT2D eigenvalue weighted by Crippen LogP contribution is 2.25. The number of amides is 1. The van der Waals surface area contributed by atoms with E-state index in [1.807, 2.05) is 13.8 Å². The molecular formula is C14H18Cl2N2O3. The summed E-state index contributed by atoms with van der Waals surface area (Å²) in [6.07, 6.45) is -0.171. The molecule has 0 aromatic heterocycles. The minimum Gasteiger partial charge on any atom is -0.544 e. The molecule has 0 unspecified atom stereocenters. The lowest BCUT2D eigenvalue weighted by Crippen LogP contribution is -2.94. The maximum absolute atomic E-state index is 11.9. The van der Waals surface area contributed by atoms with Crippen LogP contribution in [0.4, 0.5) is 5.69 Å². The SMILES string of the molecule is CC(C)C[NH2+][C@H](CC(=O)Nc1ccc(Cl)c(Cl)c1)C(=O)[O-]. The second-order valence-corrected chi connectivity index (χ2v) is 5.99. The lowest BCUT2D eigenvalue weighted by atomic mass is 10.1. The summed E-state index contributed by atoms with van der Waals surface area (Å²) < 4.78 is 0. The number of benzene rings is 1. The zero-order valence-electron chi connectivity index (χ0n) is 11.9. The number of nitrogens with one attached hydrogen (secondary N) is 1. The van der Waals surface area contributed by atoms with Crippen molar-refractivity contribution in [3.05, 3.63) is 28.2 Å². The average molecular weight is 333 g/mol. The van der Waals surface area contributed by atoms with Crippen LogP contribution in [0.5, 0.6) is 0 Å². The standard InChI is InChI=1S/C14H18Cl2N2O3/c1-8(2)7-17-12(14(20)21)6-13(19)18-9-3-4-10(15)11(16)5-9/h3-5,8,12,17H,6-7H2,1-2H3,(H,18,19)(H,20,21)/t12-/m1/s1. The van der Waals surface area contributed by atoms with E-state index < -0.39 is 17.9 Å². The van der Waals surface area contributed by atoms with Gasteiger partial charge in [-0.3, -0.25) is 4.79 Å². The van der Waals surface area contributed by atoms with Gasteiger partial charge in [-0.2, -0.15) is 0 Å². The van der Waals surface area contributed by atoms with Gasteiger partial charge in [0.2, 0.25) is 5.91 Å². The van der Waals surface area contributed by atoms with E-state index in [0.717, 1.165) is 0 Å². The summed E-state index contributed by atoms with van der Waals surface area (Å²) >= 11 is 11.6. The monoisotopic (exact) mass is 332 g/mol. The van der Waals surface area contributed by atoms with E-state index in [9.17, 15) is 14.7 Å². The van der Waals surface area contributed by atoms with E-state index >= 15 is 0 Å². The third-order valence-electron chi connectivity index (χ3n) is 2.80. The summed E-state index contributed by atoms with van der Waals surface area (Å²) in [5.74, 6) is -1.34. The number of hydrogen-bond donors (Lipinski definition) is 2. The molecule has 1 rings (SSSR count). The Labute approximate surface area is 133 Å². The van der Waals surface area contributed by atoms with Crippen LogP contribution in [0.1, 0.15) is 20.3 Å². The number of carbonyl (C=O) groups excluding carboxylic acids is 2. The Morgan fingerprint density at radius 2 is 1.95 bits per heavy atom. The zero-order chi connectivity index (χ0) is 16.0. The van der Waals surface area contributed by atoms with Gasteiger partial charge in [-0.15, -0.1) is 0 Å². The van der Waals surface area contributed by atoms with Crippen molar-refractivity contribution in [1.82, 2.24) is 0 Å². The van der Waals surface area contributed by atoms with Crippen molar-refractivity contribution in [2.45, 2.75) is 26.3 Å². The van der Waals surface area contributed by atoms with E-state index in [-0.39, 0.29) is 6.42 Å². The molecule has 1 aromatic rings. The number of aliphatic carboxylic acids is 1. The average Bonchev–Trinajstić information content (AvgIpc) is 2.38. The van der Waals surface area contributed by atoms with E-state index in [1.165, 1.54) is 6.07 Å². The second kappa shape index (κ2) is 8.22. The Morgan fingerprint density at radius 3 is 2.48 bits per heavy atom. The minimum atomic E-state index is -1.25. The number of carboxylic acids is 1. The van der Waals surface area contributed by atoms with Crippen LogP contribution in [-0.4, -0.2) is 24.5 Å². The van der Waals surface area contributed by atoms with Crippen molar-refractivity contribution in [2.75, 3.05) is 11.9 Å². The van der Waals surface area contributed by atoms with Gasteiger partial charge in [-0.05, 0) is 18.2 Å². The van der Waals surface area contributed by atoms with E-state index in [0.29, 0.717) is 28.2 Å². The van der Waals surface area contributed by atoms with Crippen LogP contribution in [0, 0.1) is 5.92 Å². The molecule has 0 saturated heterocycles. The van der Waals surface area contributed by atoms with Crippen molar-refractivity contribution in [3.8, 4) is 0 Å².